The van der Waals surface area contributed by atoms with E-state index in [0.717, 1.165) is 5.01 Å². The summed E-state index contributed by atoms with van der Waals surface area (Å²) in [6.45, 7) is 7.57. The molecule has 1 unspecified atom stereocenters. The average molecular weight is 344 g/mol. The molecule has 1 aliphatic heterocycles. The third-order valence-corrected chi connectivity index (χ3v) is 3.80. The Labute approximate surface area is 139 Å². The number of rotatable bonds is 5. The molecule has 134 valence electrons. The minimum atomic E-state index is -4.52. The number of amides is 1. The number of nitrogens with one attached hydrogen (secondary N) is 1. The minimum Gasteiger partial charge on any atom is -0.493 e. The number of ether oxygens (including phenoxy) is 1. The molecule has 0 aliphatic carbocycles. The van der Waals surface area contributed by atoms with Crippen LogP contribution in [0, 0.1) is 11.3 Å². The second-order valence-electron chi connectivity index (χ2n) is 7.17. The molecule has 0 aromatic heterocycles. The van der Waals surface area contributed by atoms with Crippen LogP contribution in [0.2, 0.25) is 0 Å². The molecule has 1 fully saturated rings. The molecule has 1 aromatic rings. The Morgan fingerprint density at radius 3 is 2.50 bits per heavy atom. The summed E-state index contributed by atoms with van der Waals surface area (Å²) in [5.41, 5.74) is 1.53. The zero-order valence-electron chi connectivity index (χ0n) is 14.3. The highest BCUT2D eigenvalue weighted by atomic mass is 19.4. The van der Waals surface area contributed by atoms with Gasteiger partial charge < -0.3 is 4.74 Å². The van der Waals surface area contributed by atoms with Gasteiger partial charge in [0.15, 0.2) is 0 Å². The van der Waals surface area contributed by atoms with E-state index in [9.17, 15) is 18.0 Å². The van der Waals surface area contributed by atoms with E-state index in [1.807, 2.05) is 13.8 Å². The molecule has 1 aromatic carbocycles. The number of carbonyl (C=O) groups excluding carboxylic acids is 1. The van der Waals surface area contributed by atoms with Gasteiger partial charge in [0, 0.05) is 6.54 Å². The van der Waals surface area contributed by atoms with E-state index in [4.69, 9.17) is 4.74 Å². The predicted molar refractivity (Wildman–Crippen MR) is 84.2 cm³/mol. The monoisotopic (exact) mass is 344 g/mol. The van der Waals surface area contributed by atoms with Crippen LogP contribution in [0.4, 0.5) is 13.2 Å². The summed E-state index contributed by atoms with van der Waals surface area (Å²) < 4.78 is 46.5. The van der Waals surface area contributed by atoms with Gasteiger partial charge in [-0.3, -0.25) is 10.2 Å². The maximum absolute atomic E-state index is 13.6. The van der Waals surface area contributed by atoms with Crippen molar-refractivity contribution in [2.24, 2.45) is 11.3 Å². The Kier molecular flexibility index (Phi) is 5.13. The minimum absolute atomic E-state index is 0.0207. The molecule has 2 rings (SSSR count). The predicted octanol–water partition coefficient (Wildman–Crippen LogP) is 3.70. The number of alkyl halides is 3. The highest BCUT2D eigenvalue weighted by Gasteiger charge is 2.51. The first-order chi connectivity index (χ1) is 11.0. The fraction of sp³-hybridized carbons (Fsp3) is 0.588. The number of benzene rings is 1. The number of hydrogen-bond acceptors (Lipinski definition) is 3. The molecule has 1 atom stereocenters. The van der Waals surface area contributed by atoms with Gasteiger partial charge >= 0.3 is 6.18 Å². The van der Waals surface area contributed by atoms with Crippen molar-refractivity contribution in [2.75, 3.05) is 13.2 Å². The van der Waals surface area contributed by atoms with Crippen LogP contribution in [0.15, 0.2) is 24.3 Å². The maximum Gasteiger partial charge on any atom is 0.409 e. The standard InChI is InChI=1S/C17H23F3N2O2/c1-11(2)9-24-13-7-5-6-12(8-13)14(17(18,19)20)22-10-16(3,4)15(23)21-22/h5-8,11,14H,9-10H2,1-4H3,(H,21,23). The van der Waals surface area contributed by atoms with Gasteiger partial charge in [0.1, 0.15) is 11.8 Å². The molecular formula is C17H23F3N2O2. The van der Waals surface area contributed by atoms with E-state index in [1.165, 1.54) is 18.2 Å². The molecule has 1 saturated heterocycles. The molecule has 24 heavy (non-hydrogen) atoms. The van der Waals surface area contributed by atoms with Gasteiger partial charge in [-0.25, -0.2) is 5.01 Å². The van der Waals surface area contributed by atoms with E-state index in [2.05, 4.69) is 5.43 Å². The molecular weight excluding hydrogens is 321 g/mol. The molecule has 1 heterocycles. The number of hydrazine groups is 1. The number of hydrogen-bond donors (Lipinski definition) is 1. The first-order valence-electron chi connectivity index (χ1n) is 7.88. The van der Waals surface area contributed by atoms with E-state index >= 15 is 0 Å². The summed E-state index contributed by atoms with van der Waals surface area (Å²) in [6.07, 6.45) is -4.52. The van der Waals surface area contributed by atoms with Crippen molar-refractivity contribution in [3.05, 3.63) is 29.8 Å². The lowest BCUT2D eigenvalue weighted by Crippen LogP contribution is -2.43. The summed E-state index contributed by atoms with van der Waals surface area (Å²) in [7, 11) is 0. The van der Waals surface area contributed by atoms with Crippen LogP contribution in [0.25, 0.3) is 0 Å². The van der Waals surface area contributed by atoms with Crippen molar-refractivity contribution in [3.63, 3.8) is 0 Å². The molecule has 1 aliphatic rings. The lowest BCUT2D eigenvalue weighted by Gasteiger charge is -2.30. The Bertz CT molecular complexity index is 600. The summed E-state index contributed by atoms with van der Waals surface area (Å²) in [5.74, 6) is 0.245. The van der Waals surface area contributed by atoms with Gasteiger partial charge in [-0.15, -0.1) is 0 Å². The van der Waals surface area contributed by atoms with E-state index in [-0.39, 0.29) is 18.0 Å². The largest absolute Gasteiger partial charge is 0.493 e. The molecule has 7 heteroatoms. The smallest absolute Gasteiger partial charge is 0.409 e. The lowest BCUT2D eigenvalue weighted by atomic mass is 9.93. The molecule has 0 spiro atoms. The van der Waals surface area contributed by atoms with Gasteiger partial charge in [0.05, 0.1) is 12.0 Å². The SMILES string of the molecule is CC(C)COc1cccc(C(N2CC(C)(C)C(=O)N2)C(F)(F)F)c1. The van der Waals surface area contributed by atoms with Crippen LogP contribution in [-0.4, -0.2) is 30.2 Å². The normalized spacial score (nSPS) is 19.4. The molecule has 1 N–H and O–H groups in total. The fourth-order valence-corrected chi connectivity index (χ4v) is 2.56. The number of nitrogens with zero attached hydrogens (tertiary/aromatic N) is 1. The second-order valence-corrected chi connectivity index (χ2v) is 7.17. The molecule has 0 radical (unpaired) electrons. The van der Waals surface area contributed by atoms with Crippen molar-refractivity contribution in [1.82, 2.24) is 10.4 Å². The topological polar surface area (TPSA) is 41.6 Å². The van der Waals surface area contributed by atoms with Crippen LogP contribution in [0.3, 0.4) is 0 Å². The molecule has 0 saturated carbocycles. The quantitative estimate of drug-likeness (QED) is 0.886. The molecule has 4 nitrogen and oxygen atoms in total. The van der Waals surface area contributed by atoms with E-state index in [1.54, 1.807) is 19.9 Å². The Morgan fingerprint density at radius 1 is 1.33 bits per heavy atom. The first-order valence-corrected chi connectivity index (χ1v) is 7.88. The average Bonchev–Trinajstić information content (AvgIpc) is 2.69. The van der Waals surface area contributed by atoms with E-state index in [0.29, 0.717) is 12.4 Å². The summed E-state index contributed by atoms with van der Waals surface area (Å²) >= 11 is 0. The highest BCUT2D eigenvalue weighted by Crippen LogP contribution is 2.41. The van der Waals surface area contributed by atoms with Crippen LogP contribution in [-0.2, 0) is 4.79 Å². The van der Waals surface area contributed by atoms with Crippen LogP contribution in [0.5, 0.6) is 5.75 Å². The van der Waals surface area contributed by atoms with E-state index < -0.39 is 23.5 Å². The van der Waals surface area contributed by atoms with Gasteiger partial charge in [-0.2, -0.15) is 13.2 Å². The summed E-state index contributed by atoms with van der Waals surface area (Å²) in [6, 6.07) is 4.04. The van der Waals surface area contributed by atoms with Crippen LogP contribution >= 0.6 is 0 Å². The summed E-state index contributed by atoms with van der Waals surface area (Å²) in [5, 5.41) is 0.962. The second kappa shape index (κ2) is 6.63. The summed E-state index contributed by atoms with van der Waals surface area (Å²) in [4.78, 5) is 11.9. The van der Waals surface area contributed by atoms with Crippen molar-refractivity contribution >= 4 is 5.91 Å². The first kappa shape index (κ1) is 18.6. The zero-order valence-corrected chi connectivity index (χ0v) is 14.3. The third kappa shape index (κ3) is 4.20. The molecule has 0 bridgehead atoms. The highest BCUT2D eigenvalue weighted by molar-refractivity contribution is 5.83. The van der Waals surface area contributed by atoms with Gasteiger partial charge in [0.25, 0.3) is 0 Å². The fourth-order valence-electron chi connectivity index (χ4n) is 2.56. The van der Waals surface area contributed by atoms with Crippen molar-refractivity contribution < 1.29 is 22.7 Å². The third-order valence-electron chi connectivity index (χ3n) is 3.80. The molecule has 1 amide bonds. The zero-order chi connectivity index (χ0) is 18.1. The van der Waals surface area contributed by atoms with Gasteiger partial charge in [-0.1, -0.05) is 26.0 Å². The Balaban J connectivity index is 2.30. The van der Waals surface area contributed by atoms with Gasteiger partial charge in [0.2, 0.25) is 5.91 Å². The Hall–Kier alpha value is -1.76. The van der Waals surface area contributed by atoms with Crippen molar-refractivity contribution in [1.29, 1.82) is 0 Å². The van der Waals surface area contributed by atoms with Gasteiger partial charge in [-0.05, 0) is 37.5 Å². The van der Waals surface area contributed by atoms with Crippen LogP contribution in [0.1, 0.15) is 39.3 Å². The van der Waals surface area contributed by atoms with Crippen LogP contribution < -0.4 is 10.2 Å². The Morgan fingerprint density at radius 2 is 2.00 bits per heavy atom. The lowest BCUT2D eigenvalue weighted by molar-refractivity contribution is -0.191. The van der Waals surface area contributed by atoms with Crippen molar-refractivity contribution in [2.45, 2.75) is 39.9 Å². The van der Waals surface area contributed by atoms with Crippen molar-refractivity contribution in [3.8, 4) is 5.75 Å². The maximum atomic E-state index is 13.6. The number of carbonyl (C=O) groups is 1. The number of halogens is 3.